The third-order valence-corrected chi connectivity index (χ3v) is 4.27. The van der Waals surface area contributed by atoms with Gasteiger partial charge in [0.25, 0.3) is 0 Å². The normalized spacial score (nSPS) is 10.7. The molecule has 5 nitrogen and oxygen atoms in total. The Morgan fingerprint density at radius 2 is 1.75 bits per heavy atom. The SMILES string of the molecule is COc1ccc(C=CC(=O)c2cccc(I)c2O)c(OC)c1OC. The topological polar surface area (TPSA) is 65.0 Å². The third-order valence-electron chi connectivity index (χ3n) is 3.40. The molecular weight excluding hydrogens is 423 g/mol. The van der Waals surface area contributed by atoms with Gasteiger partial charge < -0.3 is 19.3 Å². The van der Waals surface area contributed by atoms with Crippen LogP contribution in [0.4, 0.5) is 0 Å². The molecule has 2 aromatic carbocycles. The van der Waals surface area contributed by atoms with E-state index in [1.54, 1.807) is 36.4 Å². The number of hydrogen-bond acceptors (Lipinski definition) is 5. The first-order valence-corrected chi connectivity index (χ1v) is 8.10. The van der Waals surface area contributed by atoms with Crippen molar-refractivity contribution >= 4 is 34.5 Å². The van der Waals surface area contributed by atoms with Gasteiger partial charge in [0.15, 0.2) is 17.3 Å². The molecule has 0 fully saturated rings. The summed E-state index contributed by atoms with van der Waals surface area (Å²) in [4.78, 5) is 12.3. The quantitative estimate of drug-likeness (QED) is 0.419. The fraction of sp³-hybridized carbons (Fsp3) is 0.167. The molecule has 0 aliphatic rings. The molecule has 24 heavy (non-hydrogen) atoms. The van der Waals surface area contributed by atoms with Crippen LogP contribution in [0, 0.1) is 3.57 Å². The number of ether oxygens (including phenoxy) is 3. The van der Waals surface area contributed by atoms with E-state index >= 15 is 0 Å². The molecule has 2 aromatic rings. The molecule has 126 valence electrons. The van der Waals surface area contributed by atoms with E-state index in [9.17, 15) is 9.90 Å². The largest absolute Gasteiger partial charge is 0.506 e. The summed E-state index contributed by atoms with van der Waals surface area (Å²) in [6, 6.07) is 8.52. The molecule has 0 atom stereocenters. The Morgan fingerprint density at radius 1 is 1.04 bits per heavy atom. The van der Waals surface area contributed by atoms with Crippen LogP contribution in [0.3, 0.4) is 0 Å². The lowest BCUT2D eigenvalue weighted by atomic mass is 10.1. The highest BCUT2D eigenvalue weighted by atomic mass is 127. The number of carbonyl (C=O) groups excluding carboxylic acids is 1. The number of phenols is 1. The zero-order valence-corrected chi connectivity index (χ0v) is 15.7. The number of phenolic OH excluding ortho intramolecular Hbond substituents is 1. The van der Waals surface area contributed by atoms with Crippen molar-refractivity contribution in [1.82, 2.24) is 0 Å². The van der Waals surface area contributed by atoms with Crippen molar-refractivity contribution in [1.29, 1.82) is 0 Å². The van der Waals surface area contributed by atoms with Crippen LogP contribution in [0.15, 0.2) is 36.4 Å². The van der Waals surface area contributed by atoms with Crippen LogP contribution in [-0.4, -0.2) is 32.2 Å². The maximum Gasteiger partial charge on any atom is 0.203 e. The second-order valence-electron chi connectivity index (χ2n) is 4.76. The molecule has 1 N–H and O–H groups in total. The van der Waals surface area contributed by atoms with Crippen LogP contribution >= 0.6 is 22.6 Å². The van der Waals surface area contributed by atoms with Crippen molar-refractivity contribution in [2.75, 3.05) is 21.3 Å². The smallest absolute Gasteiger partial charge is 0.203 e. The van der Waals surface area contributed by atoms with Gasteiger partial charge in [-0.2, -0.15) is 0 Å². The Balaban J connectivity index is 2.38. The van der Waals surface area contributed by atoms with E-state index in [0.717, 1.165) is 0 Å². The van der Waals surface area contributed by atoms with E-state index in [2.05, 4.69) is 0 Å². The fourth-order valence-electron chi connectivity index (χ4n) is 2.23. The Labute approximate surface area is 154 Å². The highest BCUT2D eigenvalue weighted by molar-refractivity contribution is 14.1. The number of allylic oxidation sites excluding steroid dienone is 1. The van der Waals surface area contributed by atoms with Gasteiger partial charge in [-0.05, 0) is 59.0 Å². The molecule has 0 heterocycles. The monoisotopic (exact) mass is 440 g/mol. The molecule has 0 radical (unpaired) electrons. The lowest BCUT2D eigenvalue weighted by Gasteiger charge is -2.13. The van der Waals surface area contributed by atoms with Crippen LogP contribution in [-0.2, 0) is 0 Å². The summed E-state index contributed by atoms with van der Waals surface area (Å²) in [5.74, 6) is 1.13. The van der Waals surface area contributed by atoms with Crippen molar-refractivity contribution < 1.29 is 24.1 Å². The highest BCUT2D eigenvalue weighted by Gasteiger charge is 2.15. The van der Waals surface area contributed by atoms with E-state index in [0.29, 0.717) is 26.4 Å². The molecule has 0 spiro atoms. The highest BCUT2D eigenvalue weighted by Crippen LogP contribution is 2.40. The zero-order valence-electron chi connectivity index (χ0n) is 13.5. The predicted molar refractivity (Wildman–Crippen MR) is 100 cm³/mol. The minimum absolute atomic E-state index is 0.0213. The second-order valence-corrected chi connectivity index (χ2v) is 5.92. The van der Waals surface area contributed by atoms with Crippen LogP contribution in [0.25, 0.3) is 6.08 Å². The second kappa shape index (κ2) is 8.05. The minimum Gasteiger partial charge on any atom is -0.506 e. The molecule has 0 unspecified atom stereocenters. The summed E-state index contributed by atoms with van der Waals surface area (Å²) < 4.78 is 16.5. The number of para-hydroxylation sites is 1. The summed E-state index contributed by atoms with van der Waals surface area (Å²) in [5.41, 5.74) is 0.909. The van der Waals surface area contributed by atoms with Crippen molar-refractivity contribution in [2.45, 2.75) is 0 Å². The third kappa shape index (κ3) is 3.64. The maximum absolute atomic E-state index is 12.3. The average molecular weight is 440 g/mol. The number of rotatable bonds is 6. The van der Waals surface area contributed by atoms with E-state index in [1.165, 1.54) is 27.4 Å². The van der Waals surface area contributed by atoms with Crippen LogP contribution < -0.4 is 14.2 Å². The molecule has 0 saturated carbocycles. The molecule has 0 aliphatic carbocycles. The number of benzene rings is 2. The lowest BCUT2D eigenvalue weighted by molar-refractivity contribution is 0.104. The van der Waals surface area contributed by atoms with E-state index in [-0.39, 0.29) is 17.1 Å². The first-order chi connectivity index (χ1) is 11.5. The first-order valence-electron chi connectivity index (χ1n) is 7.02. The van der Waals surface area contributed by atoms with Gasteiger partial charge in [0, 0.05) is 5.56 Å². The standard InChI is InChI=1S/C18H17IO5/c1-22-15-10-8-11(17(23-2)18(15)24-3)7-9-14(20)12-5-4-6-13(19)16(12)21/h4-10,21H,1-3H3. The number of halogens is 1. The Hall–Kier alpha value is -2.22. The Bertz CT molecular complexity index is 783. The molecule has 0 aliphatic heterocycles. The summed E-state index contributed by atoms with van der Waals surface area (Å²) in [7, 11) is 4.57. The molecule has 0 bridgehead atoms. The van der Waals surface area contributed by atoms with Gasteiger partial charge in [0.1, 0.15) is 5.75 Å². The molecular formula is C18H17IO5. The summed E-state index contributed by atoms with van der Waals surface area (Å²) in [6.45, 7) is 0. The predicted octanol–water partition coefficient (Wildman–Crippen LogP) is 3.92. The number of methoxy groups -OCH3 is 3. The van der Waals surface area contributed by atoms with E-state index < -0.39 is 0 Å². The number of hydrogen-bond donors (Lipinski definition) is 1. The van der Waals surface area contributed by atoms with E-state index in [4.69, 9.17) is 14.2 Å². The number of aromatic hydroxyl groups is 1. The molecule has 2 rings (SSSR count). The Kier molecular flexibility index (Phi) is 6.08. The van der Waals surface area contributed by atoms with Gasteiger partial charge in [-0.1, -0.05) is 6.07 Å². The van der Waals surface area contributed by atoms with Gasteiger partial charge in [-0.25, -0.2) is 0 Å². The van der Waals surface area contributed by atoms with Crippen LogP contribution in [0.1, 0.15) is 15.9 Å². The van der Waals surface area contributed by atoms with Gasteiger partial charge in [-0.15, -0.1) is 0 Å². The van der Waals surface area contributed by atoms with Crippen molar-refractivity contribution in [2.24, 2.45) is 0 Å². The van der Waals surface area contributed by atoms with E-state index in [1.807, 2.05) is 22.6 Å². The summed E-state index contributed by atoms with van der Waals surface area (Å²) >= 11 is 1.97. The summed E-state index contributed by atoms with van der Waals surface area (Å²) in [5, 5.41) is 9.99. The number of carbonyl (C=O) groups is 1. The molecule has 0 amide bonds. The summed E-state index contributed by atoms with van der Waals surface area (Å²) in [6.07, 6.45) is 3.00. The van der Waals surface area contributed by atoms with Gasteiger partial charge in [0.05, 0.1) is 30.5 Å². The maximum atomic E-state index is 12.3. The van der Waals surface area contributed by atoms with Gasteiger partial charge in [-0.3, -0.25) is 4.79 Å². The number of ketones is 1. The fourth-order valence-corrected chi connectivity index (χ4v) is 2.72. The first kappa shape index (κ1) is 18.1. The van der Waals surface area contributed by atoms with Crippen molar-refractivity contribution in [3.05, 3.63) is 51.1 Å². The average Bonchev–Trinajstić information content (AvgIpc) is 2.60. The molecule has 6 heteroatoms. The minimum atomic E-state index is -0.303. The Morgan fingerprint density at radius 3 is 2.38 bits per heavy atom. The molecule has 0 saturated heterocycles. The molecule has 0 aromatic heterocycles. The van der Waals surface area contributed by atoms with Gasteiger partial charge in [0.2, 0.25) is 5.75 Å². The van der Waals surface area contributed by atoms with Gasteiger partial charge >= 0.3 is 0 Å². The zero-order chi connectivity index (χ0) is 17.7. The van der Waals surface area contributed by atoms with Crippen LogP contribution in [0.5, 0.6) is 23.0 Å². The van der Waals surface area contributed by atoms with Crippen molar-refractivity contribution in [3.63, 3.8) is 0 Å². The lowest BCUT2D eigenvalue weighted by Crippen LogP contribution is -1.98. The van der Waals surface area contributed by atoms with Crippen molar-refractivity contribution in [3.8, 4) is 23.0 Å². The van der Waals surface area contributed by atoms with Crippen LogP contribution in [0.2, 0.25) is 0 Å².